The Morgan fingerprint density at radius 1 is 1.19 bits per heavy atom. The number of nitrogens with zero attached hydrogens (tertiary/aromatic N) is 2. The van der Waals surface area contributed by atoms with Crippen LogP contribution in [0.4, 0.5) is 5.69 Å². The van der Waals surface area contributed by atoms with Gasteiger partial charge in [-0.05, 0) is 67.5 Å². The van der Waals surface area contributed by atoms with Gasteiger partial charge in [-0.2, -0.15) is 0 Å². The number of fused-ring (bicyclic) bond motifs is 3. The number of benzene rings is 1. The number of aromatic nitrogens is 1. The Morgan fingerprint density at radius 3 is 2.68 bits per heavy atom. The molecule has 3 unspecified atom stereocenters. The minimum absolute atomic E-state index is 0.0997. The van der Waals surface area contributed by atoms with Gasteiger partial charge in [-0.15, -0.1) is 11.3 Å². The molecule has 5 rings (SSSR count). The van der Waals surface area contributed by atoms with Crippen LogP contribution < -0.4 is 10.2 Å². The number of halogens is 1. The summed E-state index contributed by atoms with van der Waals surface area (Å²) in [5.74, 6) is 0.180. The maximum absolute atomic E-state index is 13.8. The molecule has 1 saturated carbocycles. The van der Waals surface area contributed by atoms with Gasteiger partial charge in [-0.1, -0.05) is 31.4 Å². The van der Waals surface area contributed by atoms with Crippen LogP contribution in [-0.2, 0) is 11.3 Å². The van der Waals surface area contributed by atoms with Crippen LogP contribution in [0.25, 0.3) is 10.2 Å². The highest BCUT2D eigenvalue weighted by atomic mass is 35.5. The lowest BCUT2D eigenvalue weighted by Gasteiger charge is -2.45. The van der Waals surface area contributed by atoms with Crippen molar-refractivity contribution in [2.45, 2.75) is 57.7 Å². The summed E-state index contributed by atoms with van der Waals surface area (Å²) in [4.78, 5) is 29.2. The molecule has 0 radical (unpaired) electrons. The summed E-state index contributed by atoms with van der Waals surface area (Å²) in [5.41, 5.74) is 1.25. The lowest BCUT2D eigenvalue weighted by atomic mass is 9.85. The topological polar surface area (TPSA) is 54.3 Å². The third kappa shape index (κ3) is 3.37. The van der Waals surface area contributed by atoms with Crippen LogP contribution in [0.5, 0.6) is 0 Å². The molecule has 2 aliphatic rings. The van der Waals surface area contributed by atoms with Gasteiger partial charge in [0.2, 0.25) is 5.91 Å². The summed E-state index contributed by atoms with van der Waals surface area (Å²) in [6.45, 7) is 4.49. The summed E-state index contributed by atoms with van der Waals surface area (Å²) in [6, 6.07) is 11.3. The zero-order valence-corrected chi connectivity index (χ0v) is 19.3. The molecule has 0 spiro atoms. The number of amides is 2. The first-order valence-electron chi connectivity index (χ1n) is 10.9. The second kappa shape index (κ2) is 7.68. The number of thiophene rings is 1. The van der Waals surface area contributed by atoms with Crippen LogP contribution in [0.15, 0.2) is 41.8 Å². The molecule has 162 valence electrons. The highest BCUT2D eigenvalue weighted by Gasteiger charge is 2.49. The summed E-state index contributed by atoms with van der Waals surface area (Å²) >= 11 is 7.71. The van der Waals surface area contributed by atoms with Crippen LogP contribution in [0, 0.1) is 5.92 Å². The maximum Gasteiger partial charge on any atom is 0.275 e. The smallest absolute Gasteiger partial charge is 0.275 e. The predicted molar refractivity (Wildman–Crippen MR) is 126 cm³/mol. The Kier molecular flexibility index (Phi) is 5.10. The van der Waals surface area contributed by atoms with Crippen molar-refractivity contribution in [3.05, 3.63) is 52.5 Å². The number of carbonyl (C=O) groups excluding carboxylic acids is 2. The Bertz CT molecular complexity index is 1150. The van der Waals surface area contributed by atoms with E-state index < -0.39 is 5.54 Å². The number of rotatable bonds is 3. The SMILES string of the molecule is CC1CCCCC1NC(=O)C1(C)Cn2c(cc3sccc32)C(=O)N1c1ccc(Cl)cc1. The molecule has 3 heterocycles. The Balaban J connectivity index is 1.59. The average molecular weight is 456 g/mol. The van der Waals surface area contributed by atoms with Crippen molar-refractivity contribution in [2.75, 3.05) is 4.90 Å². The molecule has 2 aromatic heterocycles. The fourth-order valence-electron chi connectivity index (χ4n) is 5.06. The van der Waals surface area contributed by atoms with Gasteiger partial charge in [-0.25, -0.2) is 0 Å². The lowest BCUT2D eigenvalue weighted by molar-refractivity contribution is -0.127. The first-order valence-corrected chi connectivity index (χ1v) is 12.1. The Labute approximate surface area is 191 Å². The van der Waals surface area contributed by atoms with Gasteiger partial charge in [0.1, 0.15) is 11.2 Å². The van der Waals surface area contributed by atoms with E-state index in [0.29, 0.717) is 28.9 Å². The molecule has 1 aliphatic carbocycles. The fraction of sp³-hybridized carbons (Fsp3) is 0.417. The standard InChI is InChI=1S/C24H26ClN3O2S/c1-15-5-3-4-6-18(15)26-23(30)24(2)14-27-19-11-12-31-21(19)13-20(27)22(29)28(24)17-9-7-16(25)8-10-17/h7-13,15,18H,3-6,14H2,1-2H3,(H,26,30). The highest BCUT2D eigenvalue weighted by molar-refractivity contribution is 7.17. The zero-order chi connectivity index (χ0) is 21.8. The van der Waals surface area contributed by atoms with E-state index in [4.69, 9.17) is 11.6 Å². The fourth-order valence-corrected chi connectivity index (χ4v) is 6.01. The van der Waals surface area contributed by atoms with Crippen molar-refractivity contribution in [1.82, 2.24) is 9.88 Å². The molecule has 0 saturated heterocycles. The van der Waals surface area contributed by atoms with Crippen molar-refractivity contribution < 1.29 is 9.59 Å². The van der Waals surface area contributed by atoms with Crippen molar-refractivity contribution in [2.24, 2.45) is 5.92 Å². The van der Waals surface area contributed by atoms with Gasteiger partial charge < -0.3 is 9.88 Å². The summed E-state index contributed by atoms with van der Waals surface area (Å²) < 4.78 is 3.06. The molecule has 0 bridgehead atoms. The number of anilines is 1. The van der Waals surface area contributed by atoms with Crippen molar-refractivity contribution >= 4 is 50.7 Å². The van der Waals surface area contributed by atoms with Crippen molar-refractivity contribution in [3.8, 4) is 0 Å². The van der Waals surface area contributed by atoms with Crippen molar-refractivity contribution in [1.29, 1.82) is 0 Å². The lowest BCUT2D eigenvalue weighted by Crippen LogP contribution is -2.65. The highest BCUT2D eigenvalue weighted by Crippen LogP contribution is 2.38. The molecule has 7 heteroatoms. The zero-order valence-electron chi connectivity index (χ0n) is 17.7. The van der Waals surface area contributed by atoms with Gasteiger partial charge in [0.15, 0.2) is 0 Å². The molecule has 1 fully saturated rings. The quantitative estimate of drug-likeness (QED) is 0.569. The van der Waals surface area contributed by atoms with E-state index in [1.54, 1.807) is 28.4 Å². The first-order chi connectivity index (χ1) is 14.9. The third-order valence-corrected chi connectivity index (χ3v) is 8.01. The maximum atomic E-state index is 13.8. The molecular weight excluding hydrogens is 430 g/mol. The molecule has 2 amide bonds. The number of hydrogen-bond donors (Lipinski definition) is 1. The van der Waals surface area contributed by atoms with E-state index in [1.807, 2.05) is 41.1 Å². The van der Waals surface area contributed by atoms with E-state index in [1.165, 1.54) is 6.42 Å². The predicted octanol–water partition coefficient (Wildman–Crippen LogP) is 5.47. The van der Waals surface area contributed by atoms with Crippen LogP contribution >= 0.6 is 22.9 Å². The van der Waals surface area contributed by atoms with Gasteiger partial charge in [-0.3, -0.25) is 14.5 Å². The summed E-state index contributed by atoms with van der Waals surface area (Å²) in [7, 11) is 0. The van der Waals surface area contributed by atoms with Gasteiger partial charge in [0.25, 0.3) is 5.91 Å². The van der Waals surface area contributed by atoms with E-state index >= 15 is 0 Å². The minimum Gasteiger partial charge on any atom is -0.351 e. The molecule has 1 aromatic carbocycles. The minimum atomic E-state index is -1.05. The molecule has 1 N–H and O–H groups in total. The normalized spacial score (nSPS) is 26.2. The number of hydrogen-bond acceptors (Lipinski definition) is 3. The Morgan fingerprint density at radius 2 is 1.94 bits per heavy atom. The largest absolute Gasteiger partial charge is 0.351 e. The second-order valence-corrected chi connectivity index (χ2v) is 10.4. The van der Waals surface area contributed by atoms with E-state index in [2.05, 4.69) is 12.2 Å². The van der Waals surface area contributed by atoms with Crippen LogP contribution in [0.3, 0.4) is 0 Å². The molecule has 31 heavy (non-hydrogen) atoms. The van der Waals surface area contributed by atoms with E-state index in [0.717, 1.165) is 29.5 Å². The molecule has 1 aliphatic heterocycles. The van der Waals surface area contributed by atoms with Gasteiger partial charge in [0.05, 0.1) is 16.8 Å². The summed E-state index contributed by atoms with van der Waals surface area (Å²) in [5, 5.41) is 5.93. The average Bonchev–Trinajstić information content (AvgIpc) is 3.33. The first kappa shape index (κ1) is 20.6. The van der Waals surface area contributed by atoms with Crippen LogP contribution in [0.2, 0.25) is 5.02 Å². The van der Waals surface area contributed by atoms with E-state index in [-0.39, 0.29) is 17.9 Å². The third-order valence-electron chi connectivity index (χ3n) is 6.91. The second-order valence-electron chi connectivity index (χ2n) is 9.02. The summed E-state index contributed by atoms with van der Waals surface area (Å²) in [6.07, 6.45) is 4.45. The molecule has 3 aromatic rings. The molecule has 3 atom stereocenters. The van der Waals surface area contributed by atoms with Gasteiger partial charge >= 0.3 is 0 Å². The number of nitrogens with one attached hydrogen (secondary N) is 1. The van der Waals surface area contributed by atoms with Crippen LogP contribution in [-0.4, -0.2) is 28.0 Å². The monoisotopic (exact) mass is 455 g/mol. The number of carbonyl (C=O) groups is 2. The van der Waals surface area contributed by atoms with Crippen LogP contribution in [0.1, 0.15) is 50.0 Å². The molecular formula is C24H26ClN3O2S. The van der Waals surface area contributed by atoms with Gasteiger partial charge in [0, 0.05) is 16.8 Å². The Hall–Kier alpha value is -2.31. The molecule has 5 nitrogen and oxygen atoms in total. The van der Waals surface area contributed by atoms with E-state index in [9.17, 15) is 9.59 Å². The van der Waals surface area contributed by atoms with Crippen molar-refractivity contribution in [3.63, 3.8) is 0 Å².